The van der Waals surface area contributed by atoms with Gasteiger partial charge in [0, 0.05) is 12.3 Å². The molecule has 1 aromatic heterocycles. The quantitative estimate of drug-likeness (QED) is 0.362. The summed E-state index contributed by atoms with van der Waals surface area (Å²) in [6, 6.07) is 18.1. The second kappa shape index (κ2) is 11.6. The molecule has 1 heterocycles. The van der Waals surface area contributed by atoms with E-state index in [0.717, 1.165) is 16.7 Å². The minimum absolute atomic E-state index is 0.00366. The molecule has 1 amide bonds. The molecule has 0 saturated heterocycles. The van der Waals surface area contributed by atoms with E-state index >= 15 is 0 Å². The molecule has 1 saturated carbocycles. The number of pyridine rings is 1. The Labute approximate surface area is 218 Å². The van der Waals surface area contributed by atoms with Crippen LogP contribution in [-0.4, -0.2) is 23.6 Å². The molecule has 194 valence electrons. The number of nitrogens with one attached hydrogen (secondary N) is 1. The molecule has 2 unspecified atom stereocenters. The molecule has 6 heteroatoms. The van der Waals surface area contributed by atoms with E-state index in [1.807, 2.05) is 32.0 Å². The molecular formula is C31H36N2O4. The van der Waals surface area contributed by atoms with Gasteiger partial charge in [-0.2, -0.15) is 0 Å². The number of aryl methyl sites for hydroxylation is 1. The number of hydrogen-bond donors (Lipinski definition) is 1. The zero-order valence-electron chi connectivity index (χ0n) is 22.1. The number of aromatic nitrogens is 1. The first kappa shape index (κ1) is 26.4. The van der Waals surface area contributed by atoms with Gasteiger partial charge in [0.15, 0.2) is 0 Å². The van der Waals surface area contributed by atoms with E-state index in [2.05, 4.69) is 36.5 Å². The Kier molecular flexibility index (Phi) is 8.27. The lowest BCUT2D eigenvalue weighted by molar-refractivity contribution is -0.141. The summed E-state index contributed by atoms with van der Waals surface area (Å²) in [5.74, 6) is 0.0241. The average molecular weight is 501 g/mol. The molecule has 6 nitrogen and oxygen atoms in total. The molecule has 1 fully saturated rings. The lowest BCUT2D eigenvalue weighted by Gasteiger charge is -2.26. The van der Waals surface area contributed by atoms with Gasteiger partial charge in [0.1, 0.15) is 6.04 Å². The minimum atomic E-state index is -0.685. The zero-order chi connectivity index (χ0) is 26.5. The van der Waals surface area contributed by atoms with E-state index in [0.29, 0.717) is 12.3 Å². The molecule has 37 heavy (non-hydrogen) atoms. The molecule has 1 aliphatic rings. The van der Waals surface area contributed by atoms with Gasteiger partial charge in [-0.3, -0.25) is 14.4 Å². The number of benzene rings is 2. The third-order valence-corrected chi connectivity index (χ3v) is 7.03. The summed E-state index contributed by atoms with van der Waals surface area (Å²) in [4.78, 5) is 38.6. The Morgan fingerprint density at radius 3 is 2.41 bits per heavy atom. The van der Waals surface area contributed by atoms with Crippen LogP contribution in [0.15, 0.2) is 71.7 Å². The van der Waals surface area contributed by atoms with Crippen molar-refractivity contribution in [3.8, 4) is 11.1 Å². The number of amides is 1. The van der Waals surface area contributed by atoms with Crippen LogP contribution in [0.2, 0.25) is 0 Å². The summed E-state index contributed by atoms with van der Waals surface area (Å²) >= 11 is 0. The van der Waals surface area contributed by atoms with E-state index in [1.54, 1.807) is 18.3 Å². The molecule has 0 aliphatic heterocycles. The second-order valence-electron chi connectivity index (χ2n) is 10.4. The predicted octanol–water partition coefficient (Wildman–Crippen LogP) is 5.71. The van der Waals surface area contributed by atoms with Crippen molar-refractivity contribution in [3.05, 3.63) is 93.9 Å². The van der Waals surface area contributed by atoms with Crippen LogP contribution in [0.25, 0.3) is 11.1 Å². The van der Waals surface area contributed by atoms with Gasteiger partial charge in [0.2, 0.25) is 5.91 Å². The van der Waals surface area contributed by atoms with Crippen molar-refractivity contribution >= 4 is 11.9 Å². The topological polar surface area (TPSA) is 77.4 Å². The molecule has 0 bridgehead atoms. The maximum Gasteiger partial charge on any atom is 0.307 e. The van der Waals surface area contributed by atoms with Crippen LogP contribution in [0, 0.1) is 12.8 Å². The van der Waals surface area contributed by atoms with Gasteiger partial charge in [-0.15, -0.1) is 0 Å². The monoisotopic (exact) mass is 500 g/mol. The fraction of sp³-hybridized carbons (Fsp3) is 0.387. The van der Waals surface area contributed by atoms with Crippen molar-refractivity contribution in [2.75, 3.05) is 7.11 Å². The van der Waals surface area contributed by atoms with Crippen molar-refractivity contribution in [2.24, 2.45) is 5.92 Å². The first-order chi connectivity index (χ1) is 17.8. The van der Waals surface area contributed by atoms with E-state index in [9.17, 15) is 14.4 Å². The molecule has 0 radical (unpaired) electrons. The van der Waals surface area contributed by atoms with Crippen LogP contribution in [0.4, 0.5) is 0 Å². The first-order valence-corrected chi connectivity index (χ1v) is 13.0. The number of nitrogens with zero attached hydrogens (tertiary/aromatic N) is 1. The highest BCUT2D eigenvalue weighted by molar-refractivity contribution is 5.82. The van der Waals surface area contributed by atoms with Crippen LogP contribution in [-0.2, 0) is 14.3 Å². The maximum absolute atomic E-state index is 13.7. The smallest absolute Gasteiger partial charge is 0.307 e. The van der Waals surface area contributed by atoms with Gasteiger partial charge in [0.05, 0.1) is 19.6 Å². The van der Waals surface area contributed by atoms with Crippen molar-refractivity contribution in [1.29, 1.82) is 0 Å². The van der Waals surface area contributed by atoms with Gasteiger partial charge in [-0.1, -0.05) is 56.3 Å². The molecule has 2 atom stereocenters. The van der Waals surface area contributed by atoms with Crippen LogP contribution in [0.5, 0.6) is 0 Å². The Morgan fingerprint density at radius 1 is 1.03 bits per heavy atom. The maximum atomic E-state index is 13.7. The molecular weight excluding hydrogens is 464 g/mol. The van der Waals surface area contributed by atoms with Crippen molar-refractivity contribution < 1.29 is 14.3 Å². The number of carbonyl (C=O) groups excluding carboxylic acids is 2. The Morgan fingerprint density at radius 2 is 1.76 bits per heavy atom. The predicted molar refractivity (Wildman–Crippen MR) is 145 cm³/mol. The van der Waals surface area contributed by atoms with Gasteiger partial charge in [0.25, 0.3) is 5.56 Å². The summed E-state index contributed by atoms with van der Waals surface area (Å²) in [6.45, 7) is 6.14. The number of methoxy groups -OCH3 is 1. The van der Waals surface area contributed by atoms with E-state index in [4.69, 9.17) is 4.74 Å². The number of carbonyl (C=O) groups is 2. The van der Waals surface area contributed by atoms with Gasteiger partial charge >= 0.3 is 5.97 Å². The van der Waals surface area contributed by atoms with Crippen LogP contribution in [0.3, 0.4) is 0 Å². The highest BCUT2D eigenvalue weighted by Gasteiger charge is 2.30. The zero-order valence-corrected chi connectivity index (χ0v) is 22.1. The number of esters is 1. The van der Waals surface area contributed by atoms with E-state index in [1.165, 1.54) is 41.7 Å². The first-order valence-electron chi connectivity index (χ1n) is 13.0. The summed E-state index contributed by atoms with van der Waals surface area (Å²) in [5, 5.41) is 3.09. The molecule has 4 rings (SSSR count). The van der Waals surface area contributed by atoms with Crippen molar-refractivity contribution in [1.82, 2.24) is 9.88 Å². The molecule has 2 aromatic carbocycles. The van der Waals surface area contributed by atoms with Crippen molar-refractivity contribution in [3.63, 3.8) is 0 Å². The summed E-state index contributed by atoms with van der Waals surface area (Å²) in [6.07, 6.45) is 4.48. The lowest BCUT2D eigenvalue weighted by atomic mass is 9.89. The van der Waals surface area contributed by atoms with Crippen LogP contribution < -0.4 is 10.9 Å². The fourth-order valence-electron chi connectivity index (χ4n) is 4.91. The minimum Gasteiger partial charge on any atom is -0.469 e. The Balaban J connectivity index is 1.72. The molecule has 0 spiro atoms. The summed E-state index contributed by atoms with van der Waals surface area (Å²) in [5.41, 5.74) is 5.38. The number of hydrogen-bond acceptors (Lipinski definition) is 4. The van der Waals surface area contributed by atoms with E-state index < -0.39 is 18.1 Å². The standard InChI is InChI=1S/C31H36N2O4/c1-20(2)17-28(33-16-8-7-11-29(33)34)31(36)32-27(19-30(35)37-4)23-14-15-25(22-12-13-22)26(18-23)24-10-6-5-9-21(24)3/h5-11,14-16,18,20,22,27-28H,12-13,17,19H2,1-4H3,(H,32,36). The van der Waals surface area contributed by atoms with Gasteiger partial charge in [-0.05, 0) is 78.0 Å². The molecule has 1 N–H and O–H groups in total. The van der Waals surface area contributed by atoms with Crippen LogP contribution >= 0.6 is 0 Å². The molecule has 3 aromatic rings. The van der Waals surface area contributed by atoms with Gasteiger partial charge in [-0.25, -0.2) is 0 Å². The Bertz CT molecular complexity index is 1320. The summed E-state index contributed by atoms with van der Waals surface area (Å²) in [7, 11) is 1.35. The number of ether oxygens (including phenoxy) is 1. The average Bonchev–Trinajstić information content (AvgIpc) is 3.72. The van der Waals surface area contributed by atoms with Gasteiger partial charge < -0.3 is 14.6 Å². The summed E-state index contributed by atoms with van der Waals surface area (Å²) < 4.78 is 6.44. The highest BCUT2D eigenvalue weighted by atomic mass is 16.5. The van der Waals surface area contributed by atoms with Crippen LogP contribution in [0.1, 0.15) is 74.2 Å². The van der Waals surface area contributed by atoms with Crippen molar-refractivity contribution in [2.45, 2.75) is 64.5 Å². The normalized spacial score (nSPS) is 14.7. The second-order valence-corrected chi connectivity index (χ2v) is 10.4. The fourth-order valence-corrected chi connectivity index (χ4v) is 4.91. The SMILES string of the molecule is COC(=O)CC(NC(=O)C(CC(C)C)n1ccccc1=O)c1ccc(C2CC2)c(-c2ccccc2C)c1. The third-order valence-electron chi connectivity index (χ3n) is 7.03. The van der Waals surface area contributed by atoms with E-state index in [-0.39, 0.29) is 23.8 Å². The molecule has 1 aliphatic carbocycles. The number of rotatable bonds is 10. The highest BCUT2D eigenvalue weighted by Crippen LogP contribution is 2.45. The Hall–Kier alpha value is -3.67. The third kappa shape index (κ3) is 6.37. The lowest BCUT2D eigenvalue weighted by Crippen LogP contribution is -2.40. The largest absolute Gasteiger partial charge is 0.469 e.